The summed E-state index contributed by atoms with van der Waals surface area (Å²) in [5.41, 5.74) is 1.75. The minimum Gasteiger partial charge on any atom is -0.334 e. The normalized spacial score (nSPS) is 16.3. The Bertz CT molecular complexity index is 1230. The molecule has 30 heavy (non-hydrogen) atoms. The van der Waals surface area contributed by atoms with Crippen LogP contribution in [0.3, 0.4) is 0 Å². The van der Waals surface area contributed by atoms with Gasteiger partial charge in [0.1, 0.15) is 4.90 Å². The van der Waals surface area contributed by atoms with Crippen molar-refractivity contribution >= 4 is 33.0 Å². The number of thiophene rings is 1. The average molecular weight is 445 g/mol. The van der Waals surface area contributed by atoms with E-state index in [9.17, 15) is 13.2 Å². The number of para-hydroxylation sites is 1. The van der Waals surface area contributed by atoms with Gasteiger partial charge in [0.2, 0.25) is 5.82 Å². The Kier molecular flexibility index (Phi) is 4.62. The number of likely N-dealkylation sites (tertiary alicyclic amines) is 1. The number of aromatic nitrogens is 2. The molecule has 2 aliphatic rings. The Hall–Kier alpha value is -2.72. The molecule has 0 radical (unpaired) electrons. The number of aryl methyl sites for hydroxylation is 1. The molecular weight excluding hydrogens is 424 g/mol. The second kappa shape index (κ2) is 7.21. The van der Waals surface area contributed by atoms with Crippen LogP contribution in [0, 0.1) is 6.92 Å². The number of carbonyl (C=O) groups excluding carboxylic acids is 1. The van der Waals surface area contributed by atoms with Gasteiger partial charge in [-0.15, -0.1) is 11.3 Å². The highest BCUT2D eigenvalue weighted by molar-refractivity contribution is 7.93. The monoisotopic (exact) mass is 444 g/mol. The molecule has 8 nitrogen and oxygen atoms in total. The number of fused-ring (bicyclic) bond motifs is 1. The van der Waals surface area contributed by atoms with Crippen LogP contribution < -0.4 is 4.31 Å². The van der Waals surface area contributed by atoms with Crippen LogP contribution in [0.4, 0.5) is 5.69 Å². The number of nitrogens with zero attached hydrogens (tertiary/aromatic N) is 4. The lowest BCUT2D eigenvalue weighted by Crippen LogP contribution is -2.29. The van der Waals surface area contributed by atoms with Gasteiger partial charge in [-0.05, 0) is 43.9 Å². The molecule has 0 spiro atoms. The highest BCUT2D eigenvalue weighted by Gasteiger charge is 2.33. The van der Waals surface area contributed by atoms with E-state index in [0.717, 1.165) is 24.1 Å². The summed E-state index contributed by atoms with van der Waals surface area (Å²) in [4.78, 5) is 19.8. The van der Waals surface area contributed by atoms with Gasteiger partial charge in [-0.25, -0.2) is 8.42 Å². The van der Waals surface area contributed by atoms with Crippen molar-refractivity contribution in [2.75, 3.05) is 23.9 Å². The van der Waals surface area contributed by atoms with Gasteiger partial charge in [0, 0.05) is 24.5 Å². The second-order valence-corrected chi connectivity index (χ2v) is 10.5. The summed E-state index contributed by atoms with van der Waals surface area (Å²) in [6.07, 6.45) is 2.63. The van der Waals surface area contributed by atoms with Crippen molar-refractivity contribution in [2.45, 2.75) is 31.1 Å². The van der Waals surface area contributed by atoms with Crippen molar-refractivity contribution < 1.29 is 17.7 Å². The fourth-order valence-electron chi connectivity index (χ4n) is 3.97. The highest BCUT2D eigenvalue weighted by Crippen LogP contribution is 2.38. The van der Waals surface area contributed by atoms with Crippen LogP contribution in [0.5, 0.6) is 0 Å². The third-order valence-corrected chi connectivity index (χ3v) is 8.62. The number of hydrogen-bond donors (Lipinski definition) is 0. The summed E-state index contributed by atoms with van der Waals surface area (Å²) in [7, 11) is -3.71. The Morgan fingerprint density at radius 2 is 1.93 bits per heavy atom. The van der Waals surface area contributed by atoms with E-state index in [2.05, 4.69) is 10.1 Å². The van der Waals surface area contributed by atoms with Gasteiger partial charge < -0.3 is 9.42 Å². The largest absolute Gasteiger partial charge is 0.334 e. The van der Waals surface area contributed by atoms with E-state index in [1.54, 1.807) is 17.9 Å². The van der Waals surface area contributed by atoms with Gasteiger partial charge >= 0.3 is 11.8 Å². The van der Waals surface area contributed by atoms with E-state index in [-0.39, 0.29) is 22.5 Å². The molecule has 0 unspecified atom stereocenters. The van der Waals surface area contributed by atoms with Crippen LogP contribution in [-0.2, 0) is 16.4 Å². The van der Waals surface area contributed by atoms with E-state index in [0.29, 0.717) is 35.8 Å². The lowest BCUT2D eigenvalue weighted by molar-refractivity contribution is 0.0743. The lowest BCUT2D eigenvalue weighted by atomic mass is 10.2. The van der Waals surface area contributed by atoms with Crippen molar-refractivity contribution in [1.82, 2.24) is 15.0 Å². The third-order valence-electron chi connectivity index (χ3n) is 5.51. The third kappa shape index (κ3) is 3.10. The molecule has 1 amide bonds. The quantitative estimate of drug-likeness (QED) is 0.614. The molecule has 0 saturated carbocycles. The summed E-state index contributed by atoms with van der Waals surface area (Å²) < 4.78 is 33.3. The topological polar surface area (TPSA) is 96.6 Å². The van der Waals surface area contributed by atoms with Crippen LogP contribution >= 0.6 is 11.3 Å². The fraction of sp³-hybridized carbons (Fsp3) is 0.350. The molecule has 1 fully saturated rings. The van der Waals surface area contributed by atoms with E-state index in [1.807, 2.05) is 24.3 Å². The van der Waals surface area contributed by atoms with E-state index in [4.69, 9.17) is 4.52 Å². The summed E-state index contributed by atoms with van der Waals surface area (Å²) in [5, 5.41) is 3.92. The predicted octanol–water partition coefficient (Wildman–Crippen LogP) is 3.09. The number of anilines is 1. The van der Waals surface area contributed by atoms with E-state index >= 15 is 0 Å². The second-order valence-electron chi connectivity index (χ2n) is 7.41. The van der Waals surface area contributed by atoms with Gasteiger partial charge in [-0.1, -0.05) is 23.4 Å². The van der Waals surface area contributed by atoms with Crippen LogP contribution in [-0.4, -0.2) is 49.0 Å². The average Bonchev–Trinajstić information content (AvgIpc) is 3.53. The SMILES string of the molecule is Cc1sc(-c2noc(C(=O)N3CCCC3)n2)cc1S(=O)(=O)N1CCc2ccccc21. The molecule has 0 N–H and O–H groups in total. The molecule has 1 saturated heterocycles. The maximum atomic E-state index is 13.4. The number of rotatable bonds is 4. The molecule has 10 heteroatoms. The Morgan fingerprint density at radius 3 is 2.73 bits per heavy atom. The minimum absolute atomic E-state index is 0.0594. The van der Waals surface area contributed by atoms with Crippen LogP contribution in [0.2, 0.25) is 0 Å². The van der Waals surface area contributed by atoms with Crippen LogP contribution in [0.25, 0.3) is 10.7 Å². The summed E-state index contributed by atoms with van der Waals surface area (Å²) in [6, 6.07) is 9.12. The molecular formula is C20H20N4O4S2. The first-order valence-corrected chi connectivity index (χ1v) is 12.1. The molecule has 2 aromatic heterocycles. The lowest BCUT2D eigenvalue weighted by Gasteiger charge is -2.19. The molecule has 4 heterocycles. The first-order chi connectivity index (χ1) is 14.4. The first-order valence-electron chi connectivity index (χ1n) is 9.79. The Labute approximate surface area is 178 Å². The number of benzene rings is 1. The standard InChI is InChI=1S/C20H20N4O4S2/c1-13-17(30(26,27)24-11-8-14-6-2-3-7-15(14)24)12-16(29-13)18-21-19(28-22-18)20(25)23-9-4-5-10-23/h2-3,6-7,12H,4-5,8-11H2,1H3. The molecule has 3 aromatic rings. The van der Waals surface area contributed by atoms with Gasteiger partial charge in [-0.3, -0.25) is 9.10 Å². The zero-order valence-corrected chi connectivity index (χ0v) is 18.0. The van der Waals surface area contributed by atoms with Crippen LogP contribution in [0.15, 0.2) is 39.8 Å². The Balaban J connectivity index is 1.45. The van der Waals surface area contributed by atoms with E-state index < -0.39 is 10.0 Å². The van der Waals surface area contributed by atoms with Gasteiger partial charge in [0.05, 0.1) is 10.6 Å². The maximum Gasteiger partial charge on any atom is 0.316 e. The van der Waals surface area contributed by atoms with Gasteiger partial charge in [-0.2, -0.15) is 4.98 Å². The van der Waals surface area contributed by atoms with Crippen molar-refractivity contribution in [3.63, 3.8) is 0 Å². The van der Waals surface area contributed by atoms with E-state index in [1.165, 1.54) is 15.6 Å². The summed E-state index contributed by atoms with van der Waals surface area (Å²) in [6.45, 7) is 3.56. The summed E-state index contributed by atoms with van der Waals surface area (Å²) >= 11 is 1.28. The fourth-order valence-corrected chi connectivity index (χ4v) is 6.97. The number of carbonyl (C=O) groups is 1. The van der Waals surface area contributed by atoms with Crippen LogP contribution in [0.1, 0.15) is 34.0 Å². The van der Waals surface area contributed by atoms with Gasteiger partial charge in [0.25, 0.3) is 10.0 Å². The van der Waals surface area contributed by atoms with Crippen molar-refractivity contribution in [2.24, 2.45) is 0 Å². The molecule has 2 aliphatic heterocycles. The highest BCUT2D eigenvalue weighted by atomic mass is 32.2. The predicted molar refractivity (Wildman–Crippen MR) is 112 cm³/mol. The zero-order chi connectivity index (χ0) is 20.9. The van der Waals surface area contributed by atoms with Crippen molar-refractivity contribution in [3.05, 3.63) is 46.7 Å². The maximum absolute atomic E-state index is 13.4. The first kappa shape index (κ1) is 19.3. The zero-order valence-electron chi connectivity index (χ0n) is 16.4. The van der Waals surface area contributed by atoms with Crippen molar-refractivity contribution in [3.8, 4) is 10.7 Å². The molecule has 156 valence electrons. The number of sulfonamides is 1. The summed E-state index contributed by atoms with van der Waals surface area (Å²) in [5.74, 6) is -0.106. The molecule has 0 bridgehead atoms. The number of amides is 1. The minimum atomic E-state index is -3.71. The van der Waals surface area contributed by atoms with Crippen molar-refractivity contribution in [1.29, 1.82) is 0 Å². The number of hydrogen-bond acceptors (Lipinski definition) is 7. The molecule has 5 rings (SSSR count). The van der Waals surface area contributed by atoms with Gasteiger partial charge in [0.15, 0.2) is 0 Å². The smallest absolute Gasteiger partial charge is 0.316 e. The molecule has 0 atom stereocenters. The molecule has 0 aliphatic carbocycles. The molecule has 1 aromatic carbocycles. The Morgan fingerprint density at radius 1 is 1.17 bits per heavy atom.